The molecule has 9 aromatic carbocycles. The average molecular weight is 660 g/mol. The Hall–Kier alpha value is -6.70. The molecule has 0 saturated carbocycles. The van der Waals surface area contributed by atoms with Crippen molar-refractivity contribution in [3.8, 4) is 33.4 Å². The van der Waals surface area contributed by atoms with E-state index in [0.717, 1.165) is 11.4 Å². The fraction of sp³-hybridized carbons (Fsp3) is 0.0196. The molecule has 242 valence electrons. The molecule has 9 aromatic rings. The van der Waals surface area contributed by atoms with Crippen LogP contribution < -0.4 is 4.90 Å². The van der Waals surface area contributed by atoms with Crippen LogP contribution in [-0.4, -0.2) is 0 Å². The molecule has 0 amide bonds. The predicted molar refractivity (Wildman–Crippen MR) is 218 cm³/mol. The van der Waals surface area contributed by atoms with E-state index in [1.807, 2.05) is 0 Å². The van der Waals surface area contributed by atoms with E-state index >= 15 is 0 Å². The van der Waals surface area contributed by atoms with E-state index < -0.39 is 5.41 Å². The second-order valence-electron chi connectivity index (χ2n) is 14.0. The molecule has 1 nitrogen and oxygen atoms in total. The van der Waals surface area contributed by atoms with Crippen LogP contribution in [0, 0.1) is 0 Å². The van der Waals surface area contributed by atoms with E-state index in [4.69, 9.17) is 0 Å². The number of para-hydroxylation sites is 1. The average Bonchev–Trinajstić information content (AvgIpc) is 3.68. The Labute approximate surface area is 303 Å². The summed E-state index contributed by atoms with van der Waals surface area (Å²) < 4.78 is 0. The van der Waals surface area contributed by atoms with E-state index in [-0.39, 0.29) is 0 Å². The van der Waals surface area contributed by atoms with Crippen molar-refractivity contribution < 1.29 is 0 Å². The van der Waals surface area contributed by atoms with E-state index in [0.29, 0.717) is 0 Å². The molecule has 0 saturated heterocycles. The van der Waals surface area contributed by atoms with Gasteiger partial charge in [0.05, 0.1) is 11.1 Å². The lowest BCUT2D eigenvalue weighted by atomic mass is 9.70. The molecule has 0 bridgehead atoms. The maximum absolute atomic E-state index is 2.53. The Morgan fingerprint density at radius 2 is 0.846 bits per heavy atom. The Balaban J connectivity index is 1.26. The van der Waals surface area contributed by atoms with Crippen LogP contribution in [0.2, 0.25) is 0 Å². The van der Waals surface area contributed by atoms with E-state index in [1.165, 1.54) is 82.9 Å². The lowest BCUT2D eigenvalue weighted by Gasteiger charge is -2.33. The minimum atomic E-state index is -0.472. The van der Waals surface area contributed by atoms with Gasteiger partial charge in [-0.25, -0.2) is 0 Å². The smallest absolute Gasteiger partial charge is 0.0726 e. The van der Waals surface area contributed by atoms with Crippen LogP contribution in [0.3, 0.4) is 0 Å². The summed E-state index contributed by atoms with van der Waals surface area (Å²) in [6, 6.07) is 74.0. The van der Waals surface area contributed by atoms with Gasteiger partial charge in [0, 0.05) is 16.8 Å². The molecule has 11 rings (SSSR count). The summed E-state index contributed by atoms with van der Waals surface area (Å²) >= 11 is 0. The molecule has 1 spiro atoms. The molecular weight excluding hydrogens is 627 g/mol. The summed E-state index contributed by atoms with van der Waals surface area (Å²) in [6.45, 7) is 0. The largest absolute Gasteiger partial charge is 0.310 e. The third-order valence-electron chi connectivity index (χ3n) is 11.4. The molecule has 0 fully saturated rings. The van der Waals surface area contributed by atoms with Crippen molar-refractivity contribution in [2.24, 2.45) is 0 Å². The highest BCUT2D eigenvalue weighted by Gasteiger charge is 2.52. The molecule has 52 heavy (non-hydrogen) atoms. The van der Waals surface area contributed by atoms with E-state index in [9.17, 15) is 0 Å². The van der Waals surface area contributed by atoms with Crippen molar-refractivity contribution in [1.82, 2.24) is 0 Å². The fourth-order valence-electron chi connectivity index (χ4n) is 9.28. The number of anilines is 3. The monoisotopic (exact) mass is 659 g/mol. The van der Waals surface area contributed by atoms with Gasteiger partial charge < -0.3 is 4.90 Å². The van der Waals surface area contributed by atoms with Crippen LogP contribution in [0.1, 0.15) is 22.3 Å². The maximum atomic E-state index is 2.53. The Kier molecular flexibility index (Phi) is 6.23. The van der Waals surface area contributed by atoms with Gasteiger partial charge in [-0.3, -0.25) is 0 Å². The van der Waals surface area contributed by atoms with E-state index in [1.54, 1.807) is 0 Å². The number of hydrogen-bond acceptors (Lipinski definition) is 1. The van der Waals surface area contributed by atoms with Crippen LogP contribution in [0.4, 0.5) is 17.1 Å². The Morgan fingerprint density at radius 3 is 1.54 bits per heavy atom. The zero-order valence-corrected chi connectivity index (χ0v) is 28.5. The van der Waals surface area contributed by atoms with Gasteiger partial charge in [-0.15, -0.1) is 0 Å². The van der Waals surface area contributed by atoms with Crippen LogP contribution in [0.5, 0.6) is 0 Å². The summed E-state index contributed by atoms with van der Waals surface area (Å²) in [5, 5.41) is 5.03. The van der Waals surface area contributed by atoms with Crippen molar-refractivity contribution in [1.29, 1.82) is 0 Å². The van der Waals surface area contributed by atoms with Crippen molar-refractivity contribution in [2.45, 2.75) is 5.41 Å². The van der Waals surface area contributed by atoms with Crippen LogP contribution in [0.15, 0.2) is 200 Å². The van der Waals surface area contributed by atoms with Crippen molar-refractivity contribution >= 4 is 38.6 Å². The maximum Gasteiger partial charge on any atom is 0.0726 e. The standard InChI is InChI=1S/C51H33N/c1-3-15-34(16-4-1)35-27-29-39(30-28-35)52(38-19-5-2-6-20-38)49-33-48-50(43-24-10-9-23-42(43)49)44-31-36-17-7-8-18-37(36)32-47(44)51(48)45-25-13-11-21-40(45)41-22-12-14-26-46(41)51/h1-33H. The normalized spacial score (nSPS) is 13.2. The van der Waals surface area contributed by atoms with Crippen LogP contribution in [0.25, 0.3) is 54.9 Å². The predicted octanol–water partition coefficient (Wildman–Crippen LogP) is 13.5. The summed E-state index contributed by atoms with van der Waals surface area (Å²) in [5.41, 5.74) is 16.1. The second kappa shape index (κ2) is 11.2. The quantitative estimate of drug-likeness (QED) is 0.182. The summed E-state index contributed by atoms with van der Waals surface area (Å²) in [4.78, 5) is 2.46. The first-order valence-corrected chi connectivity index (χ1v) is 18.1. The number of fused-ring (bicyclic) bond motifs is 13. The first kappa shape index (κ1) is 29.1. The molecule has 0 unspecified atom stereocenters. The van der Waals surface area contributed by atoms with Gasteiger partial charge in [0.2, 0.25) is 0 Å². The highest BCUT2D eigenvalue weighted by atomic mass is 15.1. The summed E-state index contributed by atoms with van der Waals surface area (Å²) in [5.74, 6) is 0. The van der Waals surface area contributed by atoms with E-state index in [2.05, 4.69) is 205 Å². The number of rotatable bonds is 4. The lowest BCUT2D eigenvalue weighted by molar-refractivity contribution is 0.795. The minimum absolute atomic E-state index is 0.472. The highest BCUT2D eigenvalue weighted by molar-refractivity contribution is 6.13. The number of benzene rings is 9. The van der Waals surface area contributed by atoms with Gasteiger partial charge >= 0.3 is 0 Å². The Bertz CT molecular complexity index is 2790. The topological polar surface area (TPSA) is 3.24 Å². The van der Waals surface area contributed by atoms with Crippen molar-refractivity contribution in [3.63, 3.8) is 0 Å². The molecule has 1 heteroatoms. The first-order chi connectivity index (χ1) is 25.8. The van der Waals surface area contributed by atoms with Gasteiger partial charge in [-0.2, -0.15) is 0 Å². The summed E-state index contributed by atoms with van der Waals surface area (Å²) in [6.07, 6.45) is 0. The lowest BCUT2D eigenvalue weighted by Crippen LogP contribution is -2.26. The third-order valence-corrected chi connectivity index (χ3v) is 11.4. The second-order valence-corrected chi connectivity index (χ2v) is 14.0. The molecule has 0 aliphatic heterocycles. The zero-order valence-electron chi connectivity index (χ0n) is 28.5. The highest BCUT2D eigenvalue weighted by Crippen LogP contribution is 2.65. The van der Waals surface area contributed by atoms with Crippen LogP contribution in [-0.2, 0) is 5.41 Å². The van der Waals surface area contributed by atoms with Crippen molar-refractivity contribution in [3.05, 3.63) is 222 Å². The molecule has 0 atom stereocenters. The van der Waals surface area contributed by atoms with Gasteiger partial charge in [0.15, 0.2) is 0 Å². The molecule has 0 heterocycles. The first-order valence-electron chi connectivity index (χ1n) is 18.1. The minimum Gasteiger partial charge on any atom is -0.310 e. The number of nitrogens with zero attached hydrogens (tertiary/aromatic N) is 1. The number of hydrogen-bond donors (Lipinski definition) is 0. The molecule has 2 aliphatic carbocycles. The van der Waals surface area contributed by atoms with Gasteiger partial charge in [-0.1, -0.05) is 158 Å². The molecule has 2 aliphatic rings. The molecular formula is C51H33N. The zero-order chi connectivity index (χ0) is 34.2. The SMILES string of the molecule is c1ccc(-c2ccc(N(c3ccccc3)c3cc4c(c5ccccc35)-c3cc5ccccc5cc3C43c4ccccc4-c4ccccc43)cc2)cc1. The molecule has 0 N–H and O–H groups in total. The Morgan fingerprint density at radius 1 is 0.327 bits per heavy atom. The van der Waals surface area contributed by atoms with Gasteiger partial charge in [0.1, 0.15) is 0 Å². The van der Waals surface area contributed by atoms with Crippen molar-refractivity contribution in [2.75, 3.05) is 4.90 Å². The fourth-order valence-corrected chi connectivity index (χ4v) is 9.28. The summed E-state index contributed by atoms with van der Waals surface area (Å²) in [7, 11) is 0. The molecule has 0 aromatic heterocycles. The van der Waals surface area contributed by atoms with Gasteiger partial charge in [-0.05, 0) is 114 Å². The molecule has 0 radical (unpaired) electrons. The third kappa shape index (κ3) is 3.99. The van der Waals surface area contributed by atoms with Gasteiger partial charge in [0.25, 0.3) is 0 Å². The van der Waals surface area contributed by atoms with Crippen LogP contribution >= 0.6 is 0 Å².